The summed E-state index contributed by atoms with van der Waals surface area (Å²) < 4.78 is 10.5. The zero-order chi connectivity index (χ0) is 19.3. The van der Waals surface area contributed by atoms with Crippen LogP contribution >= 0.6 is 34.4 Å². The zero-order valence-corrected chi connectivity index (χ0v) is 16.5. The van der Waals surface area contributed by atoms with E-state index in [1.807, 2.05) is 22.6 Å². The van der Waals surface area contributed by atoms with Gasteiger partial charge < -0.3 is 14.6 Å². The van der Waals surface area contributed by atoms with Gasteiger partial charge in [-0.3, -0.25) is 19.3 Å². The molecule has 0 radical (unpaired) electrons. The Morgan fingerprint density at radius 1 is 1.35 bits per heavy atom. The first-order valence-electron chi connectivity index (χ1n) is 7.37. The van der Waals surface area contributed by atoms with Gasteiger partial charge in [0.05, 0.1) is 15.1 Å². The van der Waals surface area contributed by atoms with Crippen molar-refractivity contribution in [1.29, 1.82) is 0 Å². The average Bonchev–Trinajstić information content (AvgIpc) is 2.82. The number of carboxylic acids is 1. The van der Waals surface area contributed by atoms with Crippen molar-refractivity contribution in [2.24, 2.45) is 0 Å². The topological polar surface area (TPSA) is 110 Å². The van der Waals surface area contributed by atoms with Gasteiger partial charge in [-0.2, -0.15) is 0 Å². The smallest absolute Gasteiger partial charge is 0.341 e. The molecule has 0 aliphatic carbocycles. The van der Waals surface area contributed by atoms with E-state index in [0.29, 0.717) is 14.9 Å². The lowest BCUT2D eigenvalue weighted by Crippen LogP contribution is -2.34. The SMILES string of the molecule is CCOC(=O)CN1C(=O)S/C(=C\c2ccc(OCC(=O)O)c(I)c2)C1=O. The van der Waals surface area contributed by atoms with Gasteiger partial charge in [0, 0.05) is 0 Å². The van der Waals surface area contributed by atoms with Crippen LogP contribution in [0.5, 0.6) is 5.75 Å². The third-order valence-corrected chi connectivity index (χ3v) is 4.82. The van der Waals surface area contributed by atoms with Crippen LogP contribution in [0.2, 0.25) is 0 Å². The van der Waals surface area contributed by atoms with Gasteiger partial charge >= 0.3 is 11.9 Å². The molecule has 26 heavy (non-hydrogen) atoms. The van der Waals surface area contributed by atoms with Crippen LogP contribution in [0.25, 0.3) is 6.08 Å². The number of aliphatic carboxylic acids is 1. The molecule has 1 aliphatic heterocycles. The molecule has 138 valence electrons. The van der Waals surface area contributed by atoms with Gasteiger partial charge in [-0.05, 0) is 65.0 Å². The molecule has 0 saturated carbocycles. The maximum absolute atomic E-state index is 12.3. The summed E-state index contributed by atoms with van der Waals surface area (Å²) >= 11 is 2.72. The van der Waals surface area contributed by atoms with E-state index in [9.17, 15) is 19.2 Å². The second kappa shape index (κ2) is 9.03. The van der Waals surface area contributed by atoms with Gasteiger partial charge in [-0.15, -0.1) is 0 Å². The van der Waals surface area contributed by atoms with Gasteiger partial charge in [0.25, 0.3) is 11.1 Å². The second-order valence-electron chi connectivity index (χ2n) is 4.95. The molecule has 1 aromatic rings. The van der Waals surface area contributed by atoms with E-state index in [4.69, 9.17) is 14.6 Å². The molecule has 2 rings (SSSR count). The quantitative estimate of drug-likeness (QED) is 0.352. The Morgan fingerprint density at radius 3 is 2.69 bits per heavy atom. The van der Waals surface area contributed by atoms with Crippen molar-refractivity contribution in [3.63, 3.8) is 0 Å². The summed E-state index contributed by atoms with van der Waals surface area (Å²) in [5, 5.41) is 8.10. The van der Waals surface area contributed by atoms with Crippen molar-refractivity contribution in [2.75, 3.05) is 19.8 Å². The van der Waals surface area contributed by atoms with Gasteiger partial charge in [-0.25, -0.2) is 4.79 Å². The number of carbonyl (C=O) groups is 4. The average molecular weight is 491 g/mol. The Kier molecular flexibility index (Phi) is 7.03. The van der Waals surface area contributed by atoms with Crippen LogP contribution < -0.4 is 4.74 Å². The largest absolute Gasteiger partial charge is 0.481 e. The number of thioether (sulfide) groups is 1. The van der Waals surface area contributed by atoms with Crippen molar-refractivity contribution in [3.8, 4) is 5.75 Å². The van der Waals surface area contributed by atoms with E-state index >= 15 is 0 Å². The molecule has 10 heteroatoms. The van der Waals surface area contributed by atoms with Crippen LogP contribution in [0.15, 0.2) is 23.1 Å². The number of benzene rings is 1. The van der Waals surface area contributed by atoms with Crippen LogP contribution in [-0.2, 0) is 19.1 Å². The predicted octanol–water partition coefficient (Wildman–Crippen LogP) is 2.35. The van der Waals surface area contributed by atoms with Gasteiger partial charge in [0.2, 0.25) is 0 Å². The van der Waals surface area contributed by atoms with Crippen LogP contribution in [0, 0.1) is 3.57 Å². The first kappa shape index (κ1) is 20.2. The third kappa shape index (κ3) is 5.21. The normalized spacial score (nSPS) is 15.5. The number of carbonyl (C=O) groups excluding carboxylic acids is 3. The first-order chi connectivity index (χ1) is 12.3. The highest BCUT2D eigenvalue weighted by atomic mass is 127. The summed E-state index contributed by atoms with van der Waals surface area (Å²) in [6, 6.07) is 4.91. The summed E-state index contributed by atoms with van der Waals surface area (Å²) in [6.45, 7) is 0.925. The van der Waals surface area contributed by atoms with Gasteiger partial charge in [-0.1, -0.05) is 6.07 Å². The molecule has 1 aliphatic rings. The van der Waals surface area contributed by atoms with Crippen molar-refractivity contribution in [3.05, 3.63) is 32.2 Å². The number of esters is 1. The summed E-state index contributed by atoms with van der Waals surface area (Å²) in [5.74, 6) is -1.89. The molecule has 0 aromatic heterocycles. The molecule has 2 amide bonds. The van der Waals surface area contributed by atoms with E-state index < -0.39 is 36.2 Å². The van der Waals surface area contributed by atoms with Crippen molar-refractivity contribution >= 4 is 63.5 Å². The van der Waals surface area contributed by atoms with Crippen LogP contribution in [0.3, 0.4) is 0 Å². The molecule has 8 nitrogen and oxygen atoms in total. The summed E-state index contributed by atoms with van der Waals surface area (Å²) in [4.78, 5) is 47.3. The fraction of sp³-hybridized carbons (Fsp3) is 0.250. The number of imide groups is 1. The molecule has 0 bridgehead atoms. The molecular formula is C16H14INO7S. The minimum atomic E-state index is -1.08. The lowest BCUT2D eigenvalue weighted by atomic mass is 10.2. The summed E-state index contributed by atoms with van der Waals surface area (Å²) in [7, 11) is 0. The van der Waals surface area contributed by atoms with Gasteiger partial charge in [0.1, 0.15) is 12.3 Å². The van der Waals surface area contributed by atoms with Crippen LogP contribution in [0.1, 0.15) is 12.5 Å². The Balaban J connectivity index is 2.13. The molecule has 1 fully saturated rings. The Bertz CT molecular complexity index is 793. The van der Waals surface area contributed by atoms with Crippen molar-refractivity contribution in [2.45, 2.75) is 6.92 Å². The first-order valence-corrected chi connectivity index (χ1v) is 9.26. The summed E-state index contributed by atoms with van der Waals surface area (Å²) in [6.07, 6.45) is 1.53. The maximum atomic E-state index is 12.3. The molecular weight excluding hydrogens is 477 g/mol. The standard InChI is InChI=1S/C16H14INO7S/c1-2-24-14(21)7-18-15(22)12(26-16(18)23)6-9-3-4-11(10(17)5-9)25-8-13(19)20/h3-6H,2,7-8H2,1H3,(H,19,20)/b12-6-. The van der Waals surface area contributed by atoms with E-state index in [1.54, 1.807) is 25.1 Å². The number of rotatable bonds is 7. The predicted molar refractivity (Wildman–Crippen MR) is 102 cm³/mol. The van der Waals surface area contributed by atoms with E-state index in [2.05, 4.69) is 0 Å². The molecule has 0 atom stereocenters. The lowest BCUT2D eigenvalue weighted by molar-refractivity contribution is -0.146. The number of carboxylic acid groups (broad SMARTS) is 1. The fourth-order valence-electron chi connectivity index (χ4n) is 1.99. The zero-order valence-electron chi connectivity index (χ0n) is 13.6. The molecule has 0 spiro atoms. The van der Waals surface area contributed by atoms with E-state index in [-0.39, 0.29) is 11.5 Å². The van der Waals surface area contributed by atoms with E-state index in [0.717, 1.165) is 16.7 Å². The molecule has 0 unspecified atom stereocenters. The molecule has 1 heterocycles. The molecule has 1 N–H and O–H groups in total. The molecule has 1 aromatic carbocycles. The third-order valence-electron chi connectivity index (χ3n) is 3.07. The highest BCUT2D eigenvalue weighted by molar-refractivity contribution is 14.1. The highest BCUT2D eigenvalue weighted by Crippen LogP contribution is 2.33. The van der Waals surface area contributed by atoms with E-state index in [1.165, 1.54) is 6.08 Å². The van der Waals surface area contributed by atoms with Crippen molar-refractivity contribution in [1.82, 2.24) is 4.90 Å². The Morgan fingerprint density at radius 2 is 2.08 bits per heavy atom. The number of ether oxygens (including phenoxy) is 2. The monoisotopic (exact) mass is 491 g/mol. The maximum Gasteiger partial charge on any atom is 0.341 e. The van der Waals surface area contributed by atoms with Crippen LogP contribution in [0.4, 0.5) is 4.79 Å². The number of amides is 2. The minimum absolute atomic E-state index is 0.166. The minimum Gasteiger partial charge on any atom is -0.481 e. The lowest BCUT2D eigenvalue weighted by Gasteiger charge is -2.10. The van der Waals surface area contributed by atoms with Gasteiger partial charge in [0.15, 0.2) is 6.61 Å². The number of halogens is 1. The van der Waals surface area contributed by atoms with Crippen LogP contribution in [-0.4, -0.2) is 52.8 Å². The fourth-order valence-corrected chi connectivity index (χ4v) is 3.52. The number of hydrogen-bond acceptors (Lipinski definition) is 7. The van der Waals surface area contributed by atoms with Crippen molar-refractivity contribution < 1.29 is 33.8 Å². The second-order valence-corrected chi connectivity index (χ2v) is 7.10. The number of nitrogens with zero attached hydrogens (tertiary/aromatic N) is 1. The Labute approximate surface area is 166 Å². The Hall–Kier alpha value is -2.08. The molecule has 1 saturated heterocycles. The number of hydrogen-bond donors (Lipinski definition) is 1. The summed E-state index contributed by atoms with van der Waals surface area (Å²) in [5.41, 5.74) is 0.638. The highest BCUT2D eigenvalue weighted by Gasteiger charge is 2.36.